The van der Waals surface area contributed by atoms with E-state index in [0.717, 1.165) is 12.1 Å². The Kier molecular flexibility index (Phi) is 4.01. The number of rotatable bonds is 4. The molecule has 0 fully saturated rings. The molecule has 0 aromatic carbocycles. The molecule has 0 aromatic rings. The van der Waals surface area contributed by atoms with E-state index in [9.17, 15) is 0 Å². The zero-order valence-corrected chi connectivity index (χ0v) is 10.0. The van der Waals surface area contributed by atoms with Crippen molar-refractivity contribution < 1.29 is 0 Å². The van der Waals surface area contributed by atoms with Crippen LogP contribution in [0.1, 0.15) is 40.0 Å². The topological polar surface area (TPSA) is 29.3 Å². The van der Waals surface area contributed by atoms with E-state index in [0.29, 0.717) is 0 Å². The highest BCUT2D eigenvalue weighted by molar-refractivity contribution is 5.24. The van der Waals surface area contributed by atoms with Gasteiger partial charge < -0.3 is 10.6 Å². The Bertz CT molecular complexity index is 289. The Morgan fingerprint density at radius 2 is 2.07 bits per heavy atom. The standard InChI is InChI=1S/C13H22N2/c1-4-9-13(3,5-2)15-10-6-7-12(14)8-11-15/h6-8,10-11H,4-5,9,14H2,1-3H3. The molecule has 0 aliphatic carbocycles. The molecule has 2 N–H and O–H groups in total. The van der Waals surface area contributed by atoms with Crippen molar-refractivity contribution >= 4 is 0 Å². The third kappa shape index (κ3) is 2.88. The van der Waals surface area contributed by atoms with Gasteiger partial charge in [0.1, 0.15) is 0 Å². The molecule has 0 amide bonds. The number of nitrogens with zero attached hydrogens (tertiary/aromatic N) is 1. The van der Waals surface area contributed by atoms with E-state index < -0.39 is 0 Å². The summed E-state index contributed by atoms with van der Waals surface area (Å²) >= 11 is 0. The fourth-order valence-electron chi connectivity index (χ4n) is 1.91. The van der Waals surface area contributed by atoms with Crippen LogP contribution in [-0.4, -0.2) is 10.4 Å². The lowest BCUT2D eigenvalue weighted by molar-refractivity contribution is 0.201. The van der Waals surface area contributed by atoms with Gasteiger partial charge in [0.2, 0.25) is 0 Å². The molecule has 1 unspecified atom stereocenters. The maximum Gasteiger partial charge on any atom is 0.0409 e. The lowest BCUT2D eigenvalue weighted by Crippen LogP contribution is -2.38. The lowest BCUT2D eigenvalue weighted by Gasteiger charge is -2.38. The molecule has 1 aliphatic heterocycles. The van der Waals surface area contributed by atoms with E-state index in [2.05, 4.69) is 38.1 Å². The molecule has 1 aliphatic rings. The summed E-state index contributed by atoms with van der Waals surface area (Å²) in [6.07, 6.45) is 13.6. The fraction of sp³-hybridized carbons (Fsp3) is 0.538. The Morgan fingerprint density at radius 1 is 1.33 bits per heavy atom. The fourth-order valence-corrected chi connectivity index (χ4v) is 1.91. The van der Waals surface area contributed by atoms with Gasteiger partial charge in [-0.05, 0) is 38.0 Å². The summed E-state index contributed by atoms with van der Waals surface area (Å²) in [5.41, 5.74) is 6.77. The molecule has 0 bridgehead atoms. The highest BCUT2D eigenvalue weighted by atomic mass is 15.2. The van der Waals surface area contributed by atoms with Crippen LogP contribution >= 0.6 is 0 Å². The van der Waals surface area contributed by atoms with Gasteiger partial charge >= 0.3 is 0 Å². The summed E-state index contributed by atoms with van der Waals surface area (Å²) in [4.78, 5) is 2.27. The van der Waals surface area contributed by atoms with Crippen molar-refractivity contribution in [3.63, 3.8) is 0 Å². The van der Waals surface area contributed by atoms with Crippen molar-refractivity contribution in [1.82, 2.24) is 4.90 Å². The maximum absolute atomic E-state index is 5.75. The summed E-state index contributed by atoms with van der Waals surface area (Å²) in [6.45, 7) is 6.76. The summed E-state index contributed by atoms with van der Waals surface area (Å²) in [5.74, 6) is 0. The van der Waals surface area contributed by atoms with Gasteiger partial charge in [-0.1, -0.05) is 20.3 Å². The molecule has 84 valence electrons. The van der Waals surface area contributed by atoms with Crippen LogP contribution in [0.4, 0.5) is 0 Å². The molecule has 0 saturated carbocycles. The second-order valence-corrected chi connectivity index (χ2v) is 4.33. The average molecular weight is 206 g/mol. The molecule has 0 spiro atoms. The summed E-state index contributed by atoms with van der Waals surface area (Å²) in [7, 11) is 0. The minimum Gasteiger partial charge on any atom is -0.399 e. The lowest BCUT2D eigenvalue weighted by atomic mass is 9.91. The van der Waals surface area contributed by atoms with Gasteiger partial charge in [-0.25, -0.2) is 0 Å². The predicted molar refractivity (Wildman–Crippen MR) is 66.0 cm³/mol. The summed E-state index contributed by atoms with van der Waals surface area (Å²) in [6, 6.07) is 0. The third-order valence-corrected chi connectivity index (χ3v) is 3.14. The van der Waals surface area contributed by atoms with Crippen LogP contribution in [0.5, 0.6) is 0 Å². The first-order valence-corrected chi connectivity index (χ1v) is 5.73. The molecule has 1 atom stereocenters. The summed E-state index contributed by atoms with van der Waals surface area (Å²) in [5, 5.41) is 0. The maximum atomic E-state index is 5.75. The first kappa shape index (κ1) is 11.9. The smallest absolute Gasteiger partial charge is 0.0409 e. The third-order valence-electron chi connectivity index (χ3n) is 3.14. The molecule has 2 heteroatoms. The monoisotopic (exact) mass is 206 g/mol. The molecule has 0 radical (unpaired) electrons. The quantitative estimate of drug-likeness (QED) is 0.765. The summed E-state index contributed by atoms with van der Waals surface area (Å²) < 4.78 is 0. The van der Waals surface area contributed by atoms with Crippen LogP contribution in [0, 0.1) is 0 Å². The van der Waals surface area contributed by atoms with Crippen LogP contribution in [0.15, 0.2) is 36.3 Å². The van der Waals surface area contributed by atoms with Crippen LogP contribution in [0.2, 0.25) is 0 Å². The van der Waals surface area contributed by atoms with E-state index in [1.54, 1.807) is 0 Å². The zero-order valence-electron chi connectivity index (χ0n) is 10.0. The Morgan fingerprint density at radius 3 is 2.67 bits per heavy atom. The molecular formula is C13H22N2. The van der Waals surface area contributed by atoms with Crippen LogP contribution in [-0.2, 0) is 0 Å². The Hall–Kier alpha value is -1.18. The molecule has 15 heavy (non-hydrogen) atoms. The van der Waals surface area contributed by atoms with E-state index in [1.165, 1.54) is 12.8 Å². The van der Waals surface area contributed by atoms with Gasteiger partial charge in [0.25, 0.3) is 0 Å². The van der Waals surface area contributed by atoms with Crippen molar-refractivity contribution in [2.45, 2.75) is 45.6 Å². The SMILES string of the molecule is CCCC(C)(CC)N1C=CC=C(N)C=C1. The van der Waals surface area contributed by atoms with E-state index in [4.69, 9.17) is 5.73 Å². The minimum atomic E-state index is 0.209. The second kappa shape index (κ2) is 5.06. The van der Waals surface area contributed by atoms with Gasteiger partial charge in [0.05, 0.1) is 0 Å². The van der Waals surface area contributed by atoms with Gasteiger partial charge in [0, 0.05) is 23.6 Å². The van der Waals surface area contributed by atoms with Crippen molar-refractivity contribution in [3.05, 3.63) is 36.3 Å². The van der Waals surface area contributed by atoms with Crippen LogP contribution in [0.3, 0.4) is 0 Å². The Labute approximate surface area is 93.1 Å². The van der Waals surface area contributed by atoms with E-state index >= 15 is 0 Å². The highest BCUT2D eigenvalue weighted by Gasteiger charge is 2.25. The number of hydrogen-bond donors (Lipinski definition) is 1. The zero-order chi connectivity index (χ0) is 11.3. The van der Waals surface area contributed by atoms with Gasteiger partial charge in [0.15, 0.2) is 0 Å². The van der Waals surface area contributed by atoms with Crippen molar-refractivity contribution in [1.29, 1.82) is 0 Å². The molecule has 1 heterocycles. The largest absolute Gasteiger partial charge is 0.399 e. The number of nitrogens with two attached hydrogens (primary N) is 1. The van der Waals surface area contributed by atoms with E-state index in [-0.39, 0.29) is 5.54 Å². The first-order chi connectivity index (χ1) is 7.12. The normalized spacial score (nSPS) is 19.7. The van der Waals surface area contributed by atoms with Gasteiger partial charge in [-0.3, -0.25) is 0 Å². The molecule has 1 rings (SSSR count). The predicted octanol–water partition coefficient (Wildman–Crippen LogP) is 3.14. The highest BCUT2D eigenvalue weighted by Crippen LogP contribution is 2.26. The van der Waals surface area contributed by atoms with Crippen LogP contribution in [0.25, 0.3) is 0 Å². The van der Waals surface area contributed by atoms with Crippen molar-refractivity contribution in [3.8, 4) is 0 Å². The molecular weight excluding hydrogens is 184 g/mol. The van der Waals surface area contributed by atoms with Crippen LogP contribution < -0.4 is 5.73 Å². The average Bonchev–Trinajstić information content (AvgIpc) is 2.43. The second-order valence-electron chi connectivity index (χ2n) is 4.33. The first-order valence-electron chi connectivity index (χ1n) is 5.73. The minimum absolute atomic E-state index is 0.209. The number of allylic oxidation sites excluding steroid dienone is 3. The van der Waals surface area contributed by atoms with Gasteiger partial charge in [-0.15, -0.1) is 0 Å². The van der Waals surface area contributed by atoms with Crippen molar-refractivity contribution in [2.24, 2.45) is 5.73 Å². The van der Waals surface area contributed by atoms with Crippen molar-refractivity contribution in [2.75, 3.05) is 0 Å². The number of hydrogen-bond acceptors (Lipinski definition) is 2. The van der Waals surface area contributed by atoms with E-state index in [1.807, 2.05) is 18.2 Å². The Balaban J connectivity index is 2.83. The van der Waals surface area contributed by atoms with Gasteiger partial charge in [-0.2, -0.15) is 0 Å². The molecule has 0 saturated heterocycles. The molecule has 0 aromatic heterocycles. The molecule has 2 nitrogen and oxygen atoms in total.